The van der Waals surface area contributed by atoms with Gasteiger partial charge in [0.1, 0.15) is 0 Å². The highest BCUT2D eigenvalue weighted by molar-refractivity contribution is 9.10. The fraction of sp³-hybridized carbons (Fsp3) is 0.0556. The van der Waals surface area contributed by atoms with E-state index in [2.05, 4.69) is 26.0 Å². The molecule has 0 unspecified atom stereocenters. The minimum Gasteiger partial charge on any atom is -0.266 e. The summed E-state index contributed by atoms with van der Waals surface area (Å²) in [7, 11) is 0. The summed E-state index contributed by atoms with van der Waals surface area (Å²) < 4.78 is 3.00. The van der Waals surface area contributed by atoms with Crippen LogP contribution >= 0.6 is 27.3 Å². The first-order valence-electron chi connectivity index (χ1n) is 7.34. The third kappa shape index (κ3) is 2.79. The topological polar surface area (TPSA) is 47.3 Å². The maximum absolute atomic E-state index is 12.5. The number of halogens is 1. The van der Waals surface area contributed by atoms with Crippen molar-refractivity contribution in [3.63, 3.8) is 0 Å². The number of hydrogen-bond acceptors (Lipinski definition) is 4. The van der Waals surface area contributed by atoms with Crippen LogP contribution in [0.25, 0.3) is 22.4 Å². The zero-order valence-electron chi connectivity index (χ0n) is 12.7. The van der Waals surface area contributed by atoms with Crippen LogP contribution in [0.5, 0.6) is 0 Å². The van der Waals surface area contributed by atoms with E-state index in [1.54, 1.807) is 0 Å². The second kappa shape index (κ2) is 5.96. The highest BCUT2D eigenvalue weighted by Crippen LogP contribution is 2.19. The molecule has 0 bridgehead atoms. The minimum atomic E-state index is -0.133. The Labute approximate surface area is 150 Å². The summed E-state index contributed by atoms with van der Waals surface area (Å²) in [5.41, 5.74) is 2.94. The van der Waals surface area contributed by atoms with Gasteiger partial charge in [0.05, 0.1) is 4.53 Å². The normalized spacial score (nSPS) is 12.2. The summed E-state index contributed by atoms with van der Waals surface area (Å²) in [5.74, 6) is 0.563. The molecule has 0 N–H and O–H groups in total. The van der Waals surface area contributed by atoms with Crippen LogP contribution in [0.2, 0.25) is 0 Å². The van der Waals surface area contributed by atoms with Gasteiger partial charge in [-0.05, 0) is 30.7 Å². The van der Waals surface area contributed by atoms with Crippen LogP contribution < -0.4 is 10.1 Å². The van der Waals surface area contributed by atoms with E-state index in [1.165, 1.54) is 21.4 Å². The Morgan fingerprint density at radius 1 is 1.08 bits per heavy atom. The minimum absolute atomic E-state index is 0.133. The quantitative estimate of drug-likeness (QED) is 0.520. The molecule has 2 aromatic carbocycles. The third-order valence-electron chi connectivity index (χ3n) is 3.66. The number of thiazole rings is 1. The molecule has 0 aliphatic rings. The Balaban J connectivity index is 1.79. The number of hydrogen-bond donors (Lipinski definition) is 0. The van der Waals surface area contributed by atoms with E-state index in [4.69, 9.17) is 0 Å². The van der Waals surface area contributed by atoms with Gasteiger partial charge in [-0.15, -0.1) is 5.10 Å². The second-order valence-electron chi connectivity index (χ2n) is 5.46. The molecule has 0 aliphatic heterocycles. The lowest BCUT2D eigenvalue weighted by Gasteiger charge is -1.94. The largest absolute Gasteiger partial charge is 0.291 e. The average Bonchev–Trinajstić information content (AvgIpc) is 3.11. The van der Waals surface area contributed by atoms with Crippen LogP contribution in [-0.4, -0.2) is 14.6 Å². The monoisotopic (exact) mass is 397 g/mol. The lowest BCUT2D eigenvalue weighted by atomic mass is 10.1. The van der Waals surface area contributed by atoms with Crippen molar-refractivity contribution in [1.82, 2.24) is 14.6 Å². The smallest absolute Gasteiger partial charge is 0.266 e. The highest BCUT2D eigenvalue weighted by Gasteiger charge is 2.11. The molecule has 4 nitrogen and oxygen atoms in total. The van der Waals surface area contributed by atoms with Gasteiger partial charge in [-0.2, -0.15) is 9.50 Å². The molecule has 0 aliphatic carbocycles. The summed E-state index contributed by atoms with van der Waals surface area (Å²) in [5, 5.41) is 4.36. The summed E-state index contributed by atoms with van der Waals surface area (Å²) in [6.07, 6.45) is 1.88. The first-order valence-corrected chi connectivity index (χ1v) is 8.95. The van der Waals surface area contributed by atoms with Gasteiger partial charge in [-0.25, -0.2) is 0 Å². The molecular formula is C18H12BrN3OS. The van der Waals surface area contributed by atoms with Crippen molar-refractivity contribution in [2.24, 2.45) is 0 Å². The molecule has 118 valence electrons. The van der Waals surface area contributed by atoms with Crippen molar-refractivity contribution in [2.75, 3.05) is 0 Å². The SMILES string of the molecule is Cc1ccc(/C=c2/sc3nc(-c4ccc(Br)cc4)nn3c2=O)cc1. The van der Waals surface area contributed by atoms with E-state index in [1.807, 2.05) is 61.5 Å². The number of nitrogens with zero attached hydrogens (tertiary/aromatic N) is 3. The van der Waals surface area contributed by atoms with E-state index in [9.17, 15) is 4.79 Å². The van der Waals surface area contributed by atoms with Gasteiger partial charge in [0.2, 0.25) is 4.96 Å². The summed E-state index contributed by atoms with van der Waals surface area (Å²) in [6.45, 7) is 2.04. The number of aryl methyl sites for hydroxylation is 1. The van der Waals surface area contributed by atoms with Crippen molar-refractivity contribution >= 4 is 38.3 Å². The first-order chi connectivity index (χ1) is 11.6. The first kappa shape index (κ1) is 15.2. The Morgan fingerprint density at radius 2 is 1.79 bits per heavy atom. The van der Waals surface area contributed by atoms with Gasteiger partial charge in [0.25, 0.3) is 5.56 Å². The standard InChI is InChI=1S/C18H12BrN3OS/c1-11-2-4-12(5-3-11)10-15-17(23)22-18(24-15)20-16(21-22)13-6-8-14(19)9-7-13/h2-10H,1H3/b15-10+. The molecule has 0 fully saturated rings. The zero-order valence-corrected chi connectivity index (χ0v) is 15.1. The lowest BCUT2D eigenvalue weighted by Crippen LogP contribution is -2.23. The van der Waals surface area contributed by atoms with Gasteiger partial charge in [0.15, 0.2) is 5.82 Å². The molecule has 0 atom stereocenters. The molecular weight excluding hydrogens is 386 g/mol. The molecule has 2 aromatic heterocycles. The molecule has 4 rings (SSSR count). The molecule has 2 heterocycles. The van der Waals surface area contributed by atoms with Crippen LogP contribution in [0.3, 0.4) is 0 Å². The van der Waals surface area contributed by atoms with Crippen LogP contribution in [0.15, 0.2) is 57.8 Å². The predicted octanol–water partition coefficient (Wildman–Crippen LogP) is 3.44. The van der Waals surface area contributed by atoms with E-state index < -0.39 is 0 Å². The molecule has 0 spiro atoms. The Hall–Kier alpha value is -2.31. The van der Waals surface area contributed by atoms with Gasteiger partial charge in [-0.1, -0.05) is 69.2 Å². The van der Waals surface area contributed by atoms with E-state index in [-0.39, 0.29) is 5.56 Å². The van der Waals surface area contributed by atoms with E-state index in [0.717, 1.165) is 15.6 Å². The van der Waals surface area contributed by atoms with Crippen LogP contribution in [0, 0.1) is 6.92 Å². The Morgan fingerprint density at radius 3 is 2.46 bits per heavy atom. The van der Waals surface area contributed by atoms with Crippen molar-refractivity contribution in [2.45, 2.75) is 6.92 Å². The second-order valence-corrected chi connectivity index (χ2v) is 7.39. The number of aromatic nitrogens is 3. The van der Waals surface area contributed by atoms with Crippen molar-refractivity contribution < 1.29 is 0 Å². The van der Waals surface area contributed by atoms with Crippen molar-refractivity contribution in [3.05, 3.63) is 79.0 Å². The molecule has 0 saturated carbocycles. The maximum atomic E-state index is 12.5. The molecule has 4 aromatic rings. The van der Waals surface area contributed by atoms with Crippen LogP contribution in [0.1, 0.15) is 11.1 Å². The molecule has 6 heteroatoms. The van der Waals surface area contributed by atoms with Gasteiger partial charge >= 0.3 is 0 Å². The summed E-state index contributed by atoms with van der Waals surface area (Å²) >= 11 is 4.76. The van der Waals surface area contributed by atoms with E-state index in [0.29, 0.717) is 15.3 Å². The zero-order chi connectivity index (χ0) is 16.7. The van der Waals surface area contributed by atoms with Crippen LogP contribution in [-0.2, 0) is 0 Å². The number of rotatable bonds is 2. The number of benzene rings is 2. The third-order valence-corrected chi connectivity index (χ3v) is 5.15. The van der Waals surface area contributed by atoms with Gasteiger partial charge in [0, 0.05) is 10.0 Å². The number of fused-ring (bicyclic) bond motifs is 1. The molecule has 0 radical (unpaired) electrons. The predicted molar refractivity (Wildman–Crippen MR) is 100 cm³/mol. The maximum Gasteiger partial charge on any atom is 0.291 e. The molecule has 0 amide bonds. The molecule has 24 heavy (non-hydrogen) atoms. The Kier molecular flexibility index (Phi) is 3.78. The summed E-state index contributed by atoms with van der Waals surface area (Å²) in [4.78, 5) is 17.6. The fourth-order valence-corrected chi connectivity index (χ4v) is 3.54. The summed E-state index contributed by atoms with van der Waals surface area (Å²) in [6, 6.07) is 15.8. The van der Waals surface area contributed by atoms with Crippen LogP contribution in [0.4, 0.5) is 0 Å². The molecule has 0 saturated heterocycles. The van der Waals surface area contributed by atoms with Gasteiger partial charge < -0.3 is 0 Å². The van der Waals surface area contributed by atoms with Crippen molar-refractivity contribution in [1.29, 1.82) is 0 Å². The average molecular weight is 398 g/mol. The Bertz CT molecular complexity index is 1130. The fourth-order valence-electron chi connectivity index (χ4n) is 2.37. The van der Waals surface area contributed by atoms with E-state index >= 15 is 0 Å². The lowest BCUT2D eigenvalue weighted by molar-refractivity contribution is 0.937. The van der Waals surface area contributed by atoms with Gasteiger partial charge in [-0.3, -0.25) is 4.79 Å². The highest BCUT2D eigenvalue weighted by atomic mass is 79.9. The van der Waals surface area contributed by atoms with Crippen molar-refractivity contribution in [3.8, 4) is 11.4 Å².